The molecule has 1 atom stereocenters. The Bertz CT molecular complexity index is 1250. The molecule has 2 aliphatic rings. The summed E-state index contributed by atoms with van der Waals surface area (Å²) in [6.45, 7) is 2.68. The number of likely N-dealkylation sites (tertiary alicyclic amines) is 1. The molecule has 2 fully saturated rings. The van der Waals surface area contributed by atoms with Crippen molar-refractivity contribution in [2.45, 2.75) is 31.9 Å². The lowest BCUT2D eigenvalue weighted by molar-refractivity contribution is -0.402. The van der Waals surface area contributed by atoms with Crippen molar-refractivity contribution < 1.29 is 32.9 Å². The Balaban J connectivity index is 1.31. The maximum atomic E-state index is 15.1. The number of nitro groups is 1. The van der Waals surface area contributed by atoms with Crippen LogP contribution in [-0.4, -0.2) is 73.1 Å². The molecule has 38 heavy (non-hydrogen) atoms. The molecule has 2 saturated heterocycles. The zero-order valence-electron chi connectivity index (χ0n) is 21.0. The molecule has 1 aromatic heterocycles. The van der Waals surface area contributed by atoms with Crippen LogP contribution in [0.15, 0.2) is 40.8 Å². The summed E-state index contributed by atoms with van der Waals surface area (Å²) in [5.41, 5.74) is 0.740. The average molecular weight is 530 g/mol. The minimum atomic E-state index is -0.650. The van der Waals surface area contributed by atoms with Gasteiger partial charge in [-0.05, 0) is 43.2 Å². The molecule has 13 heteroatoms. The molecule has 3 heterocycles. The second-order valence-corrected chi connectivity index (χ2v) is 9.12. The van der Waals surface area contributed by atoms with E-state index in [4.69, 9.17) is 9.15 Å². The number of amides is 3. The lowest BCUT2D eigenvalue weighted by atomic mass is 10.0. The van der Waals surface area contributed by atoms with Crippen molar-refractivity contribution >= 4 is 41.2 Å². The van der Waals surface area contributed by atoms with Crippen LogP contribution in [0, 0.1) is 15.9 Å². The van der Waals surface area contributed by atoms with Crippen molar-refractivity contribution in [1.82, 2.24) is 10.2 Å². The predicted molar refractivity (Wildman–Crippen MR) is 135 cm³/mol. The van der Waals surface area contributed by atoms with Gasteiger partial charge in [-0.1, -0.05) is 0 Å². The topological polar surface area (TPSA) is 138 Å². The normalized spacial score (nSPS) is 18.1. The highest BCUT2D eigenvalue weighted by molar-refractivity contribution is 5.91. The fourth-order valence-electron chi connectivity index (χ4n) is 4.50. The van der Waals surface area contributed by atoms with E-state index in [1.54, 1.807) is 24.1 Å². The Hall–Kier alpha value is -4.42. The second-order valence-electron chi connectivity index (χ2n) is 9.12. The Labute approximate surface area is 217 Å². The largest absolute Gasteiger partial charge is 0.442 e. The number of hydrogen-bond donors (Lipinski definition) is 1. The molecule has 2 aromatic rings. The van der Waals surface area contributed by atoms with Gasteiger partial charge in [0.1, 0.15) is 22.6 Å². The fraction of sp³-hybridized carbons (Fsp3) is 0.400. The van der Waals surface area contributed by atoms with Crippen LogP contribution < -0.4 is 15.1 Å². The maximum absolute atomic E-state index is 15.1. The van der Waals surface area contributed by atoms with Crippen molar-refractivity contribution in [3.63, 3.8) is 0 Å². The van der Waals surface area contributed by atoms with Crippen LogP contribution in [0.3, 0.4) is 0 Å². The minimum absolute atomic E-state index is 0.00473. The van der Waals surface area contributed by atoms with E-state index in [1.165, 1.54) is 42.2 Å². The van der Waals surface area contributed by atoms with Crippen LogP contribution in [0.2, 0.25) is 0 Å². The van der Waals surface area contributed by atoms with Crippen LogP contribution >= 0.6 is 0 Å². The van der Waals surface area contributed by atoms with Gasteiger partial charge in [0, 0.05) is 39.2 Å². The number of cyclic esters (lactones) is 1. The van der Waals surface area contributed by atoms with Crippen molar-refractivity contribution in [2.24, 2.45) is 0 Å². The molecular weight excluding hydrogens is 501 g/mol. The lowest BCUT2D eigenvalue weighted by Crippen LogP contribution is -2.45. The third-order valence-corrected chi connectivity index (χ3v) is 6.58. The second kappa shape index (κ2) is 11.3. The predicted octanol–water partition coefficient (Wildman–Crippen LogP) is 2.93. The number of carbonyl (C=O) groups excluding carboxylic acids is 3. The van der Waals surface area contributed by atoms with Crippen LogP contribution in [0.4, 0.5) is 26.4 Å². The quantitative estimate of drug-likeness (QED) is 0.313. The van der Waals surface area contributed by atoms with E-state index in [2.05, 4.69) is 5.32 Å². The van der Waals surface area contributed by atoms with Crippen molar-refractivity contribution in [3.8, 4) is 0 Å². The first kappa shape index (κ1) is 26.6. The number of benzene rings is 1. The molecular formula is C25H28FN5O7. The number of nitrogens with zero attached hydrogens (tertiary/aromatic N) is 4. The summed E-state index contributed by atoms with van der Waals surface area (Å²) in [6.07, 6.45) is 2.83. The first-order chi connectivity index (χ1) is 18.1. The molecule has 2 aliphatic heterocycles. The minimum Gasteiger partial charge on any atom is -0.442 e. The molecule has 0 saturated carbocycles. The van der Waals surface area contributed by atoms with Crippen molar-refractivity contribution in [2.75, 3.05) is 43.0 Å². The van der Waals surface area contributed by atoms with E-state index in [0.29, 0.717) is 37.3 Å². The van der Waals surface area contributed by atoms with Gasteiger partial charge in [0.25, 0.3) is 0 Å². The van der Waals surface area contributed by atoms with Gasteiger partial charge in [-0.3, -0.25) is 24.6 Å². The van der Waals surface area contributed by atoms with E-state index in [0.717, 1.165) is 0 Å². The Kier molecular flexibility index (Phi) is 7.93. The van der Waals surface area contributed by atoms with Gasteiger partial charge >= 0.3 is 12.0 Å². The highest BCUT2D eigenvalue weighted by Crippen LogP contribution is 2.30. The number of carbonyl (C=O) groups is 3. The summed E-state index contributed by atoms with van der Waals surface area (Å²) in [7, 11) is 1.79. The number of anilines is 2. The van der Waals surface area contributed by atoms with E-state index in [-0.39, 0.29) is 36.7 Å². The zero-order chi connectivity index (χ0) is 27.4. The molecule has 0 unspecified atom stereocenters. The standard InChI is InChI=1S/C25H28FN5O7/c1-16(32)27-14-20-15-30(25(34)38-20)18-3-6-22(21(26)13-18)28(2)17-9-11-29(12-10-17)23(33)7-4-19-5-8-24(37-19)31(35)36/h3-8,13,17,20H,9-12,14-15H2,1-2H3,(H,27,32)/b7-4+/t20-/m0/s1. The summed E-state index contributed by atoms with van der Waals surface area (Å²) in [4.78, 5) is 50.7. The molecule has 0 bridgehead atoms. The molecule has 0 radical (unpaired) electrons. The third-order valence-electron chi connectivity index (χ3n) is 6.58. The van der Waals surface area contributed by atoms with Crippen LogP contribution in [0.1, 0.15) is 25.5 Å². The summed E-state index contributed by atoms with van der Waals surface area (Å²) < 4.78 is 25.4. The van der Waals surface area contributed by atoms with E-state index in [1.807, 2.05) is 4.90 Å². The van der Waals surface area contributed by atoms with Crippen LogP contribution in [-0.2, 0) is 14.3 Å². The number of rotatable bonds is 8. The maximum Gasteiger partial charge on any atom is 0.433 e. The number of hydrogen-bond acceptors (Lipinski definition) is 8. The van der Waals surface area contributed by atoms with Gasteiger partial charge in [-0.15, -0.1) is 0 Å². The van der Waals surface area contributed by atoms with E-state index >= 15 is 4.39 Å². The monoisotopic (exact) mass is 529 g/mol. The molecule has 202 valence electrons. The molecule has 4 rings (SSSR count). The Morgan fingerprint density at radius 1 is 1.26 bits per heavy atom. The first-order valence-corrected chi connectivity index (χ1v) is 12.1. The van der Waals surface area contributed by atoms with Gasteiger partial charge in [0.05, 0.1) is 30.5 Å². The molecule has 12 nitrogen and oxygen atoms in total. The molecule has 0 spiro atoms. The Morgan fingerprint density at radius 2 is 2.00 bits per heavy atom. The van der Waals surface area contributed by atoms with Crippen LogP contribution in [0.25, 0.3) is 6.08 Å². The van der Waals surface area contributed by atoms with Crippen LogP contribution in [0.5, 0.6) is 0 Å². The van der Waals surface area contributed by atoms with Gasteiger partial charge in [0.15, 0.2) is 0 Å². The molecule has 3 amide bonds. The van der Waals surface area contributed by atoms with Gasteiger partial charge in [-0.2, -0.15) is 0 Å². The number of furan rings is 1. The van der Waals surface area contributed by atoms with E-state index in [9.17, 15) is 24.5 Å². The van der Waals surface area contributed by atoms with E-state index < -0.39 is 28.8 Å². The average Bonchev–Trinajstić information content (AvgIpc) is 3.52. The highest BCUT2D eigenvalue weighted by Gasteiger charge is 2.33. The fourth-order valence-corrected chi connectivity index (χ4v) is 4.50. The number of halogens is 1. The SMILES string of the molecule is CC(=O)NC[C@H]1CN(c2ccc(N(C)C3CCN(C(=O)/C=C/c4ccc([N+](=O)[O-])o4)CC3)c(F)c2)C(=O)O1. The van der Waals surface area contributed by atoms with Gasteiger partial charge in [0.2, 0.25) is 11.8 Å². The summed E-state index contributed by atoms with van der Waals surface area (Å²) in [6, 6.07) is 7.19. The summed E-state index contributed by atoms with van der Waals surface area (Å²) >= 11 is 0. The lowest BCUT2D eigenvalue weighted by Gasteiger charge is -2.37. The summed E-state index contributed by atoms with van der Waals surface area (Å²) in [5, 5.41) is 13.3. The Morgan fingerprint density at radius 3 is 2.63 bits per heavy atom. The van der Waals surface area contributed by atoms with Crippen molar-refractivity contribution in [1.29, 1.82) is 0 Å². The molecule has 1 aromatic carbocycles. The number of piperidine rings is 1. The smallest absolute Gasteiger partial charge is 0.433 e. The molecule has 0 aliphatic carbocycles. The number of nitrogens with one attached hydrogen (secondary N) is 1. The first-order valence-electron chi connectivity index (χ1n) is 12.1. The highest BCUT2D eigenvalue weighted by atomic mass is 19.1. The third kappa shape index (κ3) is 6.10. The molecule has 1 N–H and O–H groups in total. The van der Waals surface area contributed by atoms with Gasteiger partial charge in [-0.25, -0.2) is 9.18 Å². The zero-order valence-corrected chi connectivity index (χ0v) is 21.0. The van der Waals surface area contributed by atoms with Gasteiger partial charge < -0.3 is 24.3 Å². The van der Waals surface area contributed by atoms with Crippen molar-refractivity contribution in [3.05, 3.63) is 58.1 Å². The number of ether oxygens (including phenoxy) is 1. The summed E-state index contributed by atoms with van der Waals surface area (Å²) in [5.74, 6) is -1.14.